The van der Waals surface area contributed by atoms with Crippen molar-refractivity contribution in [2.24, 2.45) is 11.7 Å². The van der Waals surface area contributed by atoms with Crippen LogP contribution in [0.25, 0.3) is 0 Å². The van der Waals surface area contributed by atoms with Crippen LogP contribution in [0.2, 0.25) is 0 Å². The summed E-state index contributed by atoms with van der Waals surface area (Å²) in [6, 6.07) is 6.91. The topological polar surface area (TPSA) is 35.2 Å². The molecule has 1 fully saturated rings. The van der Waals surface area contributed by atoms with Gasteiger partial charge in [-0.15, -0.1) is 0 Å². The van der Waals surface area contributed by atoms with Crippen molar-refractivity contribution in [2.45, 2.75) is 45.8 Å². The highest BCUT2D eigenvalue weighted by Crippen LogP contribution is 2.25. The van der Waals surface area contributed by atoms with E-state index in [1.807, 2.05) is 0 Å². The highest BCUT2D eigenvalue weighted by Gasteiger charge is 2.29. The molecule has 0 amide bonds. The highest BCUT2D eigenvalue weighted by atomic mass is 16.5. The van der Waals surface area contributed by atoms with E-state index in [9.17, 15) is 0 Å². The third-order valence-electron chi connectivity index (χ3n) is 3.74. The Balaban J connectivity index is 2.04. The summed E-state index contributed by atoms with van der Waals surface area (Å²) in [6.07, 6.45) is 2.38. The lowest BCUT2D eigenvalue weighted by Gasteiger charge is -2.22. The summed E-state index contributed by atoms with van der Waals surface area (Å²) >= 11 is 0. The summed E-state index contributed by atoms with van der Waals surface area (Å²) in [5, 5.41) is 0. The van der Waals surface area contributed by atoms with Gasteiger partial charge in [-0.1, -0.05) is 29.3 Å². The first-order valence-electron chi connectivity index (χ1n) is 6.50. The van der Waals surface area contributed by atoms with Crippen molar-refractivity contribution < 1.29 is 4.74 Å². The summed E-state index contributed by atoms with van der Waals surface area (Å²) in [6.45, 7) is 7.29. The highest BCUT2D eigenvalue weighted by molar-refractivity contribution is 5.29. The zero-order chi connectivity index (χ0) is 12.4. The van der Waals surface area contributed by atoms with Crippen molar-refractivity contribution in [3.05, 3.63) is 34.9 Å². The molecule has 0 bridgehead atoms. The molecule has 2 nitrogen and oxygen atoms in total. The quantitative estimate of drug-likeness (QED) is 0.871. The second-order valence-electron chi connectivity index (χ2n) is 5.39. The SMILES string of the molecule is Cc1cc(C)cc(CC(N)C2CCOC2C)c1. The minimum Gasteiger partial charge on any atom is -0.378 e. The van der Waals surface area contributed by atoms with Gasteiger partial charge in [-0.2, -0.15) is 0 Å². The predicted octanol–water partition coefficient (Wildman–Crippen LogP) is 2.60. The first-order valence-corrected chi connectivity index (χ1v) is 6.50. The third kappa shape index (κ3) is 3.08. The number of ether oxygens (including phenoxy) is 1. The Morgan fingerprint density at radius 2 is 1.94 bits per heavy atom. The Bertz CT molecular complexity index is 368. The van der Waals surface area contributed by atoms with Gasteiger partial charge in [-0.25, -0.2) is 0 Å². The van der Waals surface area contributed by atoms with Crippen LogP contribution >= 0.6 is 0 Å². The Morgan fingerprint density at radius 3 is 2.47 bits per heavy atom. The molecule has 94 valence electrons. The minimum atomic E-state index is 0.216. The second-order valence-corrected chi connectivity index (χ2v) is 5.39. The van der Waals surface area contributed by atoms with E-state index in [2.05, 4.69) is 39.0 Å². The number of hydrogen-bond donors (Lipinski definition) is 1. The van der Waals surface area contributed by atoms with Crippen LogP contribution in [0, 0.1) is 19.8 Å². The Hall–Kier alpha value is -0.860. The second kappa shape index (κ2) is 5.19. The van der Waals surface area contributed by atoms with Gasteiger partial charge in [-0.3, -0.25) is 0 Å². The van der Waals surface area contributed by atoms with Crippen LogP contribution in [0.3, 0.4) is 0 Å². The number of hydrogen-bond acceptors (Lipinski definition) is 2. The fraction of sp³-hybridized carbons (Fsp3) is 0.600. The van der Waals surface area contributed by atoms with Gasteiger partial charge in [0, 0.05) is 18.6 Å². The first kappa shape index (κ1) is 12.6. The van der Waals surface area contributed by atoms with Crippen LogP contribution in [0.4, 0.5) is 0 Å². The van der Waals surface area contributed by atoms with Gasteiger partial charge in [0.1, 0.15) is 0 Å². The lowest BCUT2D eigenvalue weighted by molar-refractivity contribution is 0.0995. The first-order chi connectivity index (χ1) is 8.06. The van der Waals surface area contributed by atoms with E-state index in [4.69, 9.17) is 10.5 Å². The van der Waals surface area contributed by atoms with E-state index >= 15 is 0 Å². The molecule has 1 aliphatic rings. The molecule has 1 saturated heterocycles. The van der Waals surface area contributed by atoms with Crippen molar-refractivity contribution in [1.29, 1.82) is 0 Å². The molecule has 0 radical (unpaired) electrons. The summed E-state index contributed by atoms with van der Waals surface area (Å²) in [7, 11) is 0. The van der Waals surface area contributed by atoms with Crippen molar-refractivity contribution in [2.75, 3.05) is 6.61 Å². The molecule has 3 unspecified atom stereocenters. The molecular weight excluding hydrogens is 210 g/mol. The van der Waals surface area contributed by atoms with Crippen LogP contribution in [0.5, 0.6) is 0 Å². The van der Waals surface area contributed by atoms with Gasteiger partial charge in [0.25, 0.3) is 0 Å². The maximum atomic E-state index is 6.32. The molecule has 0 aromatic heterocycles. The Labute approximate surface area is 104 Å². The summed E-state index contributed by atoms with van der Waals surface area (Å²) in [5.41, 5.74) is 10.3. The number of nitrogens with two attached hydrogens (primary N) is 1. The van der Waals surface area contributed by atoms with Crippen molar-refractivity contribution >= 4 is 0 Å². The fourth-order valence-corrected chi connectivity index (χ4v) is 2.92. The molecule has 2 N–H and O–H groups in total. The molecule has 3 atom stereocenters. The molecule has 1 aromatic carbocycles. The maximum Gasteiger partial charge on any atom is 0.0590 e. The van der Waals surface area contributed by atoms with Crippen LogP contribution in [0.1, 0.15) is 30.0 Å². The molecule has 0 aliphatic carbocycles. The molecule has 1 heterocycles. The number of rotatable bonds is 3. The van der Waals surface area contributed by atoms with E-state index in [0.29, 0.717) is 12.0 Å². The van der Waals surface area contributed by atoms with E-state index in [1.165, 1.54) is 16.7 Å². The lowest BCUT2D eigenvalue weighted by atomic mass is 9.89. The smallest absolute Gasteiger partial charge is 0.0590 e. The van der Waals surface area contributed by atoms with Crippen LogP contribution in [0.15, 0.2) is 18.2 Å². The number of aryl methyl sites for hydroxylation is 2. The van der Waals surface area contributed by atoms with E-state index in [1.54, 1.807) is 0 Å². The summed E-state index contributed by atoms with van der Waals surface area (Å²) < 4.78 is 5.59. The third-order valence-corrected chi connectivity index (χ3v) is 3.74. The van der Waals surface area contributed by atoms with E-state index < -0.39 is 0 Å². The minimum absolute atomic E-state index is 0.216. The molecule has 2 heteroatoms. The average molecular weight is 233 g/mol. The van der Waals surface area contributed by atoms with Crippen LogP contribution < -0.4 is 5.73 Å². The standard InChI is InChI=1S/C15H23NO/c1-10-6-11(2)8-13(7-10)9-15(16)14-4-5-17-12(14)3/h6-8,12,14-15H,4-5,9,16H2,1-3H3. The molecule has 0 spiro atoms. The largest absolute Gasteiger partial charge is 0.378 e. The normalized spacial score (nSPS) is 26.1. The molecule has 1 aliphatic heterocycles. The van der Waals surface area contributed by atoms with Gasteiger partial charge >= 0.3 is 0 Å². The van der Waals surface area contributed by atoms with Gasteiger partial charge in [0.15, 0.2) is 0 Å². The zero-order valence-electron chi connectivity index (χ0n) is 11.1. The van der Waals surface area contributed by atoms with Crippen LogP contribution in [-0.2, 0) is 11.2 Å². The molecule has 17 heavy (non-hydrogen) atoms. The van der Waals surface area contributed by atoms with Gasteiger partial charge in [0.05, 0.1) is 6.10 Å². The molecule has 1 aromatic rings. The molecule has 2 rings (SSSR count). The summed E-state index contributed by atoms with van der Waals surface area (Å²) in [4.78, 5) is 0. The summed E-state index contributed by atoms with van der Waals surface area (Å²) in [5.74, 6) is 0.510. The van der Waals surface area contributed by atoms with E-state index in [-0.39, 0.29) is 6.04 Å². The predicted molar refractivity (Wildman–Crippen MR) is 71.1 cm³/mol. The van der Waals surface area contributed by atoms with Crippen molar-refractivity contribution in [3.63, 3.8) is 0 Å². The Morgan fingerprint density at radius 1 is 1.29 bits per heavy atom. The molecule has 0 saturated carbocycles. The average Bonchev–Trinajstić information content (AvgIpc) is 2.62. The maximum absolute atomic E-state index is 6.32. The van der Waals surface area contributed by atoms with Gasteiger partial charge in [-0.05, 0) is 39.2 Å². The van der Waals surface area contributed by atoms with Gasteiger partial charge in [0.2, 0.25) is 0 Å². The Kier molecular flexibility index (Phi) is 3.85. The van der Waals surface area contributed by atoms with Crippen molar-refractivity contribution in [3.8, 4) is 0 Å². The van der Waals surface area contributed by atoms with Crippen molar-refractivity contribution in [1.82, 2.24) is 0 Å². The number of benzene rings is 1. The fourth-order valence-electron chi connectivity index (χ4n) is 2.92. The van der Waals surface area contributed by atoms with Gasteiger partial charge < -0.3 is 10.5 Å². The van der Waals surface area contributed by atoms with Crippen LogP contribution in [-0.4, -0.2) is 18.8 Å². The van der Waals surface area contributed by atoms with E-state index in [0.717, 1.165) is 19.4 Å². The zero-order valence-corrected chi connectivity index (χ0v) is 11.1. The lowest BCUT2D eigenvalue weighted by Crippen LogP contribution is -2.36. The monoisotopic (exact) mass is 233 g/mol. The molecular formula is C15H23NO.